The van der Waals surface area contributed by atoms with Crippen molar-refractivity contribution in [2.24, 2.45) is 0 Å². The third-order valence-electron chi connectivity index (χ3n) is 4.13. The highest BCUT2D eigenvalue weighted by Crippen LogP contribution is 2.30. The van der Waals surface area contributed by atoms with Gasteiger partial charge in [0.25, 0.3) is 0 Å². The van der Waals surface area contributed by atoms with Gasteiger partial charge in [-0.1, -0.05) is 53.4 Å². The van der Waals surface area contributed by atoms with Crippen LogP contribution in [-0.2, 0) is 17.9 Å². The van der Waals surface area contributed by atoms with Gasteiger partial charge < -0.3 is 14.6 Å². The number of rotatable bonds is 9. The summed E-state index contributed by atoms with van der Waals surface area (Å²) in [6.07, 6.45) is 4.02. The number of hydrogen-bond donors (Lipinski definition) is 1. The molecule has 27 heavy (non-hydrogen) atoms. The van der Waals surface area contributed by atoms with Gasteiger partial charge in [-0.15, -0.1) is 10.2 Å². The first-order valence-electron chi connectivity index (χ1n) is 8.83. The Balaban J connectivity index is 1.37. The second-order valence-corrected chi connectivity index (χ2v) is 8.60. The Hall–Kier alpha value is -2.32. The predicted octanol–water partition coefficient (Wildman–Crippen LogP) is 4.03. The van der Waals surface area contributed by atoms with Crippen molar-refractivity contribution in [1.29, 1.82) is 0 Å². The molecular weight excluding hydrogens is 380 g/mol. The number of carbonyl (C=O) groups is 1. The van der Waals surface area contributed by atoms with E-state index < -0.39 is 0 Å². The minimum atomic E-state index is 0.0483. The fraction of sp³-hybridized carbons (Fsp3) is 0.316. The molecular formula is C19H20N4O2S2. The van der Waals surface area contributed by atoms with E-state index in [-0.39, 0.29) is 5.91 Å². The lowest BCUT2D eigenvalue weighted by Crippen LogP contribution is -2.31. The molecule has 2 aromatic heterocycles. The molecule has 140 valence electrons. The molecule has 0 spiro atoms. The molecule has 3 aromatic rings. The van der Waals surface area contributed by atoms with Gasteiger partial charge >= 0.3 is 0 Å². The van der Waals surface area contributed by atoms with Gasteiger partial charge in [-0.2, -0.15) is 0 Å². The van der Waals surface area contributed by atoms with Gasteiger partial charge in [-0.05, 0) is 30.5 Å². The lowest BCUT2D eigenvalue weighted by Gasteiger charge is -2.21. The number of hydrogen-bond acceptors (Lipinski definition) is 7. The van der Waals surface area contributed by atoms with Crippen molar-refractivity contribution in [3.8, 4) is 0 Å². The smallest absolute Gasteiger partial charge is 0.233 e. The first kappa shape index (κ1) is 18.1. The molecule has 1 aromatic carbocycles. The number of aromatic nitrogens is 2. The molecule has 2 heterocycles. The van der Waals surface area contributed by atoms with Gasteiger partial charge in [-0.3, -0.25) is 4.79 Å². The highest BCUT2D eigenvalue weighted by molar-refractivity contribution is 8.01. The van der Waals surface area contributed by atoms with Crippen LogP contribution in [0.2, 0.25) is 0 Å². The minimum Gasteiger partial charge on any atom is -0.467 e. The highest BCUT2D eigenvalue weighted by Gasteiger charge is 2.23. The third kappa shape index (κ3) is 5.33. The van der Waals surface area contributed by atoms with Crippen LogP contribution in [0.3, 0.4) is 0 Å². The van der Waals surface area contributed by atoms with Gasteiger partial charge in [0.05, 0.1) is 18.6 Å². The lowest BCUT2D eigenvalue weighted by atomic mass is 10.2. The number of thioether (sulfide) groups is 1. The summed E-state index contributed by atoms with van der Waals surface area (Å²) >= 11 is 2.94. The maximum atomic E-state index is 12.8. The van der Waals surface area contributed by atoms with Gasteiger partial charge in [0.15, 0.2) is 4.34 Å². The summed E-state index contributed by atoms with van der Waals surface area (Å²) < 4.78 is 6.24. The SMILES string of the molecule is O=C(CSc1nnc(NC2CC2)s1)N(Cc1ccccc1)Cc1ccco1. The van der Waals surface area contributed by atoms with Crippen molar-refractivity contribution in [3.63, 3.8) is 0 Å². The van der Waals surface area contributed by atoms with Gasteiger partial charge in [-0.25, -0.2) is 0 Å². The van der Waals surface area contributed by atoms with E-state index in [0.717, 1.165) is 20.8 Å². The van der Waals surface area contributed by atoms with Crippen LogP contribution >= 0.6 is 23.1 Å². The van der Waals surface area contributed by atoms with E-state index in [9.17, 15) is 4.79 Å². The zero-order valence-corrected chi connectivity index (χ0v) is 16.3. The summed E-state index contributed by atoms with van der Waals surface area (Å²) in [6, 6.07) is 14.3. The summed E-state index contributed by atoms with van der Waals surface area (Å²) in [6.45, 7) is 0.997. The fourth-order valence-electron chi connectivity index (χ4n) is 2.57. The second-order valence-electron chi connectivity index (χ2n) is 6.40. The van der Waals surface area contributed by atoms with E-state index in [4.69, 9.17) is 4.42 Å². The molecule has 1 amide bonds. The van der Waals surface area contributed by atoms with E-state index in [1.54, 1.807) is 6.26 Å². The van der Waals surface area contributed by atoms with Gasteiger partial charge in [0.1, 0.15) is 5.76 Å². The van der Waals surface area contributed by atoms with Crippen molar-refractivity contribution in [3.05, 3.63) is 60.1 Å². The average Bonchev–Trinajstić information content (AvgIpc) is 3.15. The zero-order chi connectivity index (χ0) is 18.5. The van der Waals surface area contributed by atoms with Crippen LogP contribution in [0.4, 0.5) is 5.13 Å². The Morgan fingerprint density at radius 1 is 1.19 bits per heavy atom. The standard InChI is InChI=1S/C19H20N4O2S2/c24-17(13-26-19-22-21-18(27-19)20-15-8-9-15)23(12-16-7-4-10-25-16)11-14-5-2-1-3-6-14/h1-7,10,15H,8-9,11-13H2,(H,20,21). The molecule has 1 N–H and O–H groups in total. The fourth-order valence-corrected chi connectivity index (χ4v) is 4.30. The molecule has 6 nitrogen and oxygen atoms in total. The number of carbonyl (C=O) groups excluding carboxylic acids is 1. The molecule has 0 aliphatic heterocycles. The summed E-state index contributed by atoms with van der Waals surface area (Å²) in [5.74, 6) is 1.15. The molecule has 0 bridgehead atoms. The highest BCUT2D eigenvalue weighted by atomic mass is 32.2. The van der Waals surface area contributed by atoms with E-state index in [2.05, 4.69) is 15.5 Å². The number of anilines is 1. The summed E-state index contributed by atoms with van der Waals surface area (Å²) in [5.41, 5.74) is 1.09. The Morgan fingerprint density at radius 3 is 2.78 bits per heavy atom. The predicted molar refractivity (Wildman–Crippen MR) is 107 cm³/mol. The average molecular weight is 401 g/mol. The molecule has 0 unspecified atom stereocenters. The first-order valence-corrected chi connectivity index (χ1v) is 10.6. The van der Waals surface area contributed by atoms with Crippen LogP contribution in [-0.4, -0.2) is 32.8 Å². The third-order valence-corrected chi connectivity index (χ3v) is 6.10. The van der Waals surface area contributed by atoms with Crippen LogP contribution < -0.4 is 5.32 Å². The minimum absolute atomic E-state index is 0.0483. The number of amides is 1. The van der Waals surface area contributed by atoms with E-state index in [1.165, 1.54) is 35.9 Å². The topological polar surface area (TPSA) is 71.3 Å². The summed E-state index contributed by atoms with van der Waals surface area (Å²) in [5, 5.41) is 12.5. The zero-order valence-electron chi connectivity index (χ0n) is 14.7. The van der Waals surface area contributed by atoms with Crippen LogP contribution in [0.1, 0.15) is 24.2 Å². The van der Waals surface area contributed by atoms with E-state index >= 15 is 0 Å². The monoisotopic (exact) mass is 400 g/mol. The van der Waals surface area contributed by atoms with E-state index in [0.29, 0.717) is 24.9 Å². The van der Waals surface area contributed by atoms with Crippen LogP contribution in [0.15, 0.2) is 57.5 Å². The number of nitrogens with zero attached hydrogens (tertiary/aromatic N) is 3. The molecule has 0 atom stereocenters. The molecule has 0 radical (unpaired) electrons. The normalized spacial score (nSPS) is 13.5. The molecule has 8 heteroatoms. The lowest BCUT2D eigenvalue weighted by molar-refractivity contribution is -0.129. The molecule has 1 fully saturated rings. The van der Waals surface area contributed by atoms with Crippen molar-refractivity contribution in [2.45, 2.75) is 36.3 Å². The largest absolute Gasteiger partial charge is 0.467 e. The van der Waals surface area contributed by atoms with Crippen molar-refractivity contribution < 1.29 is 9.21 Å². The first-order chi connectivity index (χ1) is 13.3. The van der Waals surface area contributed by atoms with Crippen molar-refractivity contribution >= 4 is 34.1 Å². The summed E-state index contributed by atoms with van der Waals surface area (Å²) in [4.78, 5) is 14.7. The molecule has 1 aliphatic rings. The molecule has 1 saturated carbocycles. The molecule has 0 saturated heterocycles. The van der Waals surface area contributed by atoms with Crippen LogP contribution in [0.25, 0.3) is 0 Å². The molecule has 4 rings (SSSR count). The Kier molecular flexibility index (Phi) is 5.74. The maximum absolute atomic E-state index is 12.8. The second kappa shape index (κ2) is 8.58. The number of furan rings is 1. The Morgan fingerprint density at radius 2 is 2.04 bits per heavy atom. The molecule has 1 aliphatic carbocycles. The van der Waals surface area contributed by atoms with Gasteiger partial charge in [0, 0.05) is 12.6 Å². The van der Waals surface area contributed by atoms with Crippen LogP contribution in [0, 0.1) is 0 Å². The van der Waals surface area contributed by atoms with Crippen molar-refractivity contribution in [2.75, 3.05) is 11.1 Å². The Bertz CT molecular complexity index is 863. The van der Waals surface area contributed by atoms with Crippen LogP contribution in [0.5, 0.6) is 0 Å². The summed E-state index contributed by atoms with van der Waals surface area (Å²) in [7, 11) is 0. The van der Waals surface area contributed by atoms with Gasteiger partial charge in [0.2, 0.25) is 11.0 Å². The quantitative estimate of drug-likeness (QED) is 0.547. The maximum Gasteiger partial charge on any atom is 0.233 e. The Labute approximate surface area is 166 Å². The van der Waals surface area contributed by atoms with Crippen molar-refractivity contribution in [1.82, 2.24) is 15.1 Å². The number of nitrogens with one attached hydrogen (secondary N) is 1. The number of benzene rings is 1. The van der Waals surface area contributed by atoms with E-state index in [1.807, 2.05) is 47.4 Å².